The highest BCUT2D eigenvalue weighted by atomic mass is 19.1. The summed E-state index contributed by atoms with van der Waals surface area (Å²) < 4.78 is 26.0. The quantitative estimate of drug-likeness (QED) is 0.198. The van der Waals surface area contributed by atoms with Crippen LogP contribution in [0.5, 0.6) is 11.5 Å². The van der Waals surface area contributed by atoms with E-state index < -0.39 is 11.8 Å². The fraction of sp³-hybridized carbons (Fsp3) is 0.265. The van der Waals surface area contributed by atoms with Crippen molar-refractivity contribution < 1.29 is 28.2 Å². The molecule has 0 saturated heterocycles. The molecule has 232 valence electrons. The molecule has 0 bridgehead atoms. The lowest BCUT2D eigenvalue weighted by molar-refractivity contribution is 0.0786. The van der Waals surface area contributed by atoms with E-state index in [0.29, 0.717) is 57.0 Å². The highest BCUT2D eigenvalue weighted by Crippen LogP contribution is 2.45. The SMILES string of the molecule is COc1cc(F)c2[nH]c(C3CC3)c(C=C3Oc4ccc(NC(=O)Nc5ccc(C(=O)N(C)CCN(C)C)cc5)cc4C3=O)c2c1. The molecule has 6 rings (SSSR count). The Labute approximate surface area is 259 Å². The number of nitrogens with zero attached hydrogens (tertiary/aromatic N) is 2. The average Bonchev–Trinajstić information content (AvgIpc) is 3.74. The van der Waals surface area contributed by atoms with Crippen molar-refractivity contribution in [2.45, 2.75) is 18.8 Å². The monoisotopic (exact) mass is 611 g/mol. The number of Topliss-reactive ketones (excluding diaryl/α,β-unsaturated/α-hetero) is 1. The number of urea groups is 1. The summed E-state index contributed by atoms with van der Waals surface area (Å²) in [4.78, 5) is 45.7. The lowest BCUT2D eigenvalue weighted by atomic mass is 10.0. The second-order valence-corrected chi connectivity index (χ2v) is 11.6. The Morgan fingerprint density at radius 3 is 2.42 bits per heavy atom. The molecule has 1 fully saturated rings. The molecular formula is C34H34FN5O5. The van der Waals surface area contributed by atoms with Crippen LogP contribution in [0.1, 0.15) is 50.7 Å². The van der Waals surface area contributed by atoms with Gasteiger partial charge in [-0.05, 0) is 87.5 Å². The van der Waals surface area contributed by atoms with Crippen LogP contribution in [0, 0.1) is 5.82 Å². The van der Waals surface area contributed by atoms with E-state index in [4.69, 9.17) is 9.47 Å². The first-order valence-electron chi connectivity index (χ1n) is 14.7. The highest BCUT2D eigenvalue weighted by Gasteiger charge is 2.32. The number of anilines is 2. The average molecular weight is 612 g/mol. The number of aromatic amines is 1. The van der Waals surface area contributed by atoms with Crippen molar-refractivity contribution in [3.63, 3.8) is 0 Å². The maximum absolute atomic E-state index is 14.8. The third kappa shape index (κ3) is 6.25. The zero-order chi connectivity index (χ0) is 31.8. The van der Waals surface area contributed by atoms with Gasteiger partial charge in [-0.15, -0.1) is 0 Å². The van der Waals surface area contributed by atoms with Crippen molar-refractivity contribution in [2.75, 3.05) is 52.0 Å². The molecule has 10 nitrogen and oxygen atoms in total. The first-order valence-corrected chi connectivity index (χ1v) is 14.7. The van der Waals surface area contributed by atoms with Gasteiger partial charge in [-0.3, -0.25) is 9.59 Å². The van der Waals surface area contributed by atoms with Crippen LogP contribution in [0.4, 0.5) is 20.6 Å². The van der Waals surface area contributed by atoms with Gasteiger partial charge < -0.3 is 34.9 Å². The molecule has 3 aromatic carbocycles. The topological polar surface area (TPSA) is 116 Å². The molecule has 0 spiro atoms. The molecular weight excluding hydrogens is 577 g/mol. The predicted octanol–water partition coefficient (Wildman–Crippen LogP) is 6.09. The Morgan fingerprint density at radius 1 is 1.02 bits per heavy atom. The molecule has 3 amide bonds. The molecule has 1 aliphatic carbocycles. The van der Waals surface area contributed by atoms with E-state index in [1.54, 1.807) is 66.6 Å². The van der Waals surface area contributed by atoms with Gasteiger partial charge in [-0.1, -0.05) is 0 Å². The molecule has 0 atom stereocenters. The molecule has 0 unspecified atom stereocenters. The van der Waals surface area contributed by atoms with Gasteiger partial charge in [0.2, 0.25) is 5.78 Å². The largest absolute Gasteiger partial charge is 0.497 e. The first kappa shape index (κ1) is 29.9. The number of rotatable bonds is 9. The number of fused-ring (bicyclic) bond motifs is 2. The molecule has 11 heteroatoms. The fourth-order valence-electron chi connectivity index (χ4n) is 5.30. The van der Waals surface area contributed by atoms with E-state index >= 15 is 0 Å². The van der Waals surface area contributed by atoms with Gasteiger partial charge in [-0.25, -0.2) is 9.18 Å². The van der Waals surface area contributed by atoms with Crippen molar-refractivity contribution >= 4 is 46.1 Å². The number of hydrogen-bond acceptors (Lipinski definition) is 6. The van der Waals surface area contributed by atoms with Crippen molar-refractivity contribution in [1.82, 2.24) is 14.8 Å². The Kier molecular flexibility index (Phi) is 8.03. The molecule has 1 saturated carbocycles. The minimum atomic E-state index is -0.511. The molecule has 1 aliphatic heterocycles. The number of amides is 3. The minimum Gasteiger partial charge on any atom is -0.497 e. The lowest BCUT2D eigenvalue weighted by Crippen LogP contribution is -2.33. The maximum atomic E-state index is 14.8. The summed E-state index contributed by atoms with van der Waals surface area (Å²) in [5.41, 5.74) is 3.65. The standard InChI is InChI=1S/C34H34FN5O5/c1-39(2)13-14-40(3)33(42)20-7-9-21(10-8-20)36-34(43)37-22-11-12-28-26(15-22)32(41)29(45-28)18-25-24-16-23(44-4)17-27(35)31(24)38-30(25)19-5-6-19/h7-12,15-19,38H,5-6,13-14H2,1-4H3,(H2,36,37,43). The smallest absolute Gasteiger partial charge is 0.323 e. The van der Waals surface area contributed by atoms with Gasteiger partial charge in [0.15, 0.2) is 11.6 Å². The first-order chi connectivity index (χ1) is 21.6. The van der Waals surface area contributed by atoms with Gasteiger partial charge in [0.05, 0.1) is 18.2 Å². The number of benzene rings is 3. The van der Waals surface area contributed by atoms with Crippen molar-refractivity contribution in [2.24, 2.45) is 0 Å². The summed E-state index contributed by atoms with van der Waals surface area (Å²) in [6, 6.07) is 14.0. The Morgan fingerprint density at radius 2 is 1.73 bits per heavy atom. The van der Waals surface area contributed by atoms with Crippen LogP contribution in [0.25, 0.3) is 17.0 Å². The summed E-state index contributed by atoms with van der Waals surface area (Å²) in [5.74, 6) is 0.234. The van der Waals surface area contributed by atoms with Gasteiger partial charge in [0, 0.05) is 59.8 Å². The normalized spacial score (nSPS) is 14.9. The number of aromatic nitrogens is 1. The third-order valence-electron chi connectivity index (χ3n) is 7.95. The molecule has 2 heterocycles. The van der Waals surface area contributed by atoms with E-state index in [9.17, 15) is 18.8 Å². The van der Waals surface area contributed by atoms with Crippen LogP contribution < -0.4 is 20.1 Å². The second kappa shape index (κ2) is 12.1. The number of hydrogen-bond donors (Lipinski definition) is 3. The molecule has 45 heavy (non-hydrogen) atoms. The molecule has 1 aromatic heterocycles. The summed E-state index contributed by atoms with van der Waals surface area (Å²) in [6.45, 7) is 1.35. The van der Waals surface area contributed by atoms with Crippen molar-refractivity contribution in [3.8, 4) is 11.5 Å². The van der Waals surface area contributed by atoms with Crippen LogP contribution in [0.3, 0.4) is 0 Å². The minimum absolute atomic E-state index is 0.105. The number of nitrogens with one attached hydrogen (secondary N) is 3. The number of carbonyl (C=O) groups excluding carboxylic acids is 3. The van der Waals surface area contributed by atoms with E-state index in [1.807, 2.05) is 19.0 Å². The maximum Gasteiger partial charge on any atom is 0.323 e. The number of allylic oxidation sites excluding steroid dienone is 1. The van der Waals surface area contributed by atoms with E-state index in [1.165, 1.54) is 13.2 Å². The number of methoxy groups -OCH3 is 1. The van der Waals surface area contributed by atoms with Crippen LogP contribution in [0.15, 0.2) is 60.4 Å². The van der Waals surface area contributed by atoms with Crippen LogP contribution >= 0.6 is 0 Å². The van der Waals surface area contributed by atoms with Crippen molar-refractivity contribution in [1.29, 1.82) is 0 Å². The predicted molar refractivity (Wildman–Crippen MR) is 171 cm³/mol. The summed E-state index contributed by atoms with van der Waals surface area (Å²) >= 11 is 0. The van der Waals surface area contributed by atoms with Gasteiger partial charge in [-0.2, -0.15) is 0 Å². The van der Waals surface area contributed by atoms with Crippen molar-refractivity contribution in [3.05, 3.63) is 88.6 Å². The summed E-state index contributed by atoms with van der Waals surface area (Å²) in [5, 5.41) is 6.10. The fourth-order valence-corrected chi connectivity index (χ4v) is 5.30. The van der Waals surface area contributed by atoms with E-state index in [0.717, 1.165) is 25.1 Å². The van der Waals surface area contributed by atoms with Gasteiger partial charge in [0.25, 0.3) is 5.91 Å². The number of likely N-dealkylation sites (N-methyl/N-ethyl adjacent to an activating group) is 2. The zero-order valence-corrected chi connectivity index (χ0v) is 25.5. The number of ether oxygens (including phenoxy) is 2. The number of ketones is 1. The molecule has 2 aliphatic rings. The molecule has 4 aromatic rings. The van der Waals surface area contributed by atoms with Crippen LogP contribution in [0.2, 0.25) is 0 Å². The lowest BCUT2D eigenvalue weighted by Gasteiger charge is -2.19. The van der Waals surface area contributed by atoms with Gasteiger partial charge in [0.1, 0.15) is 11.5 Å². The Hall–Kier alpha value is -5.16. The van der Waals surface area contributed by atoms with Crippen LogP contribution in [-0.4, -0.2) is 73.8 Å². The summed E-state index contributed by atoms with van der Waals surface area (Å²) in [6.07, 6.45) is 3.61. The Balaban J connectivity index is 1.15. The zero-order valence-electron chi connectivity index (χ0n) is 25.5. The second-order valence-electron chi connectivity index (χ2n) is 11.6. The molecule has 0 radical (unpaired) electrons. The Bertz CT molecular complexity index is 1840. The summed E-state index contributed by atoms with van der Waals surface area (Å²) in [7, 11) is 7.13. The number of halogens is 1. The number of carbonyl (C=O) groups is 3. The third-order valence-corrected chi connectivity index (χ3v) is 7.95. The van der Waals surface area contributed by atoms with Crippen LogP contribution in [-0.2, 0) is 0 Å². The van der Waals surface area contributed by atoms with E-state index in [-0.39, 0.29) is 23.4 Å². The van der Waals surface area contributed by atoms with E-state index in [2.05, 4.69) is 15.6 Å². The number of H-pyrrole nitrogens is 1. The van der Waals surface area contributed by atoms with Gasteiger partial charge >= 0.3 is 6.03 Å². The molecule has 3 N–H and O–H groups in total. The highest BCUT2D eigenvalue weighted by molar-refractivity contribution is 6.16.